The summed E-state index contributed by atoms with van der Waals surface area (Å²) in [6.07, 6.45) is -5.16. The first-order chi connectivity index (χ1) is 14.6. The number of amides is 1. The van der Waals surface area contributed by atoms with Crippen molar-refractivity contribution in [3.05, 3.63) is 41.5 Å². The van der Waals surface area contributed by atoms with Crippen molar-refractivity contribution in [3.8, 4) is 28.4 Å². The van der Waals surface area contributed by atoms with Crippen LogP contribution in [0, 0.1) is 0 Å². The monoisotopic (exact) mass is 439 g/mol. The van der Waals surface area contributed by atoms with Gasteiger partial charge in [-0.25, -0.2) is 0 Å². The molecule has 1 heterocycles. The maximum atomic E-state index is 12.8. The van der Waals surface area contributed by atoms with Crippen LogP contribution in [-0.4, -0.2) is 59.5 Å². The fourth-order valence-corrected chi connectivity index (χ4v) is 3.50. The first-order valence-corrected chi connectivity index (χ1v) is 9.37. The number of morpholine rings is 1. The number of hydrogen-bond donors (Lipinski definition) is 2. The minimum Gasteiger partial charge on any atom is -0.507 e. The molecule has 1 aliphatic heterocycles. The number of aromatic hydroxyl groups is 2. The van der Waals surface area contributed by atoms with Gasteiger partial charge in [-0.3, -0.25) is 9.59 Å². The van der Waals surface area contributed by atoms with Gasteiger partial charge < -0.3 is 24.6 Å². The van der Waals surface area contributed by atoms with E-state index in [9.17, 15) is 33.0 Å². The number of nitrogens with zero attached hydrogens (tertiary/aromatic N) is 1. The molecule has 0 saturated carbocycles. The number of carbonyl (C=O) groups is 2. The highest BCUT2D eigenvalue weighted by Crippen LogP contribution is 2.41. The lowest BCUT2D eigenvalue weighted by Gasteiger charge is -2.27. The van der Waals surface area contributed by atoms with E-state index in [4.69, 9.17) is 4.74 Å². The van der Waals surface area contributed by atoms with Crippen LogP contribution in [0.4, 0.5) is 13.2 Å². The molecule has 0 atom stereocenters. The number of benzene rings is 2. The molecule has 1 fully saturated rings. The summed E-state index contributed by atoms with van der Waals surface area (Å²) in [6, 6.07) is 5.60. The number of carbonyl (C=O) groups excluding carboxylic acids is 2. The Balaban J connectivity index is 2.05. The van der Waals surface area contributed by atoms with E-state index in [1.54, 1.807) is 4.90 Å². The second-order valence-electron chi connectivity index (χ2n) is 6.94. The van der Waals surface area contributed by atoms with Crippen molar-refractivity contribution < 1.29 is 42.4 Å². The zero-order chi connectivity index (χ0) is 22.8. The third-order valence-corrected chi connectivity index (χ3v) is 4.81. The standard InChI is InChI=1S/C21H20F3NO6/c1-12(26)19-15(10-18(29)25-6-8-30-9-7-25)20(17(28)11-16(19)27)13-2-4-14(5-3-13)31-21(22,23)24/h2-5,11,27-28H,6-10H2,1H3. The van der Waals surface area contributed by atoms with Crippen molar-refractivity contribution in [2.24, 2.45) is 0 Å². The molecule has 1 amide bonds. The molecular weight excluding hydrogens is 419 g/mol. The van der Waals surface area contributed by atoms with Crippen molar-refractivity contribution >= 4 is 11.7 Å². The predicted octanol–water partition coefficient (Wildman–Crippen LogP) is 3.27. The van der Waals surface area contributed by atoms with E-state index >= 15 is 0 Å². The maximum absolute atomic E-state index is 12.8. The van der Waals surface area contributed by atoms with E-state index < -0.39 is 29.4 Å². The molecular formula is C21H20F3NO6. The first-order valence-electron chi connectivity index (χ1n) is 9.37. The first kappa shape index (κ1) is 22.4. The lowest BCUT2D eigenvalue weighted by Crippen LogP contribution is -2.41. The number of ketones is 1. The van der Waals surface area contributed by atoms with E-state index in [2.05, 4.69) is 4.74 Å². The number of ether oxygens (including phenoxy) is 2. The molecule has 0 unspecified atom stereocenters. The van der Waals surface area contributed by atoms with Crippen LogP contribution in [-0.2, 0) is 16.0 Å². The molecule has 0 aliphatic carbocycles. The van der Waals surface area contributed by atoms with Crippen LogP contribution in [0.3, 0.4) is 0 Å². The van der Waals surface area contributed by atoms with Crippen molar-refractivity contribution in [1.29, 1.82) is 0 Å². The maximum Gasteiger partial charge on any atom is 0.573 e. The summed E-state index contributed by atoms with van der Waals surface area (Å²) in [5.74, 6) is -2.24. The second kappa shape index (κ2) is 8.84. The summed E-state index contributed by atoms with van der Waals surface area (Å²) >= 11 is 0. The van der Waals surface area contributed by atoms with E-state index in [-0.39, 0.29) is 34.6 Å². The number of Topliss-reactive ketones (excluding diaryl/α,β-unsaturated/α-hetero) is 1. The van der Waals surface area contributed by atoms with Crippen LogP contribution in [0.15, 0.2) is 30.3 Å². The number of hydrogen-bond acceptors (Lipinski definition) is 6. The van der Waals surface area contributed by atoms with E-state index in [1.165, 1.54) is 19.1 Å². The molecule has 0 bridgehead atoms. The normalized spacial score (nSPS) is 14.4. The molecule has 2 aromatic carbocycles. The van der Waals surface area contributed by atoms with Gasteiger partial charge in [-0.15, -0.1) is 13.2 Å². The van der Waals surface area contributed by atoms with Crippen molar-refractivity contribution in [2.75, 3.05) is 26.3 Å². The van der Waals surface area contributed by atoms with Gasteiger partial charge in [-0.05, 0) is 30.2 Å². The van der Waals surface area contributed by atoms with Gasteiger partial charge in [0.25, 0.3) is 0 Å². The molecule has 1 saturated heterocycles. The SMILES string of the molecule is CC(=O)c1c(O)cc(O)c(-c2ccc(OC(F)(F)F)cc2)c1CC(=O)N1CCOCC1. The molecule has 7 nitrogen and oxygen atoms in total. The molecule has 0 radical (unpaired) electrons. The Morgan fingerprint density at radius 3 is 2.26 bits per heavy atom. The highest BCUT2D eigenvalue weighted by Gasteiger charge is 2.31. The van der Waals surface area contributed by atoms with Crippen LogP contribution in [0.1, 0.15) is 22.8 Å². The minimum atomic E-state index is -4.86. The lowest BCUT2D eigenvalue weighted by molar-refractivity contribution is -0.274. The van der Waals surface area contributed by atoms with Crippen LogP contribution in [0.5, 0.6) is 17.2 Å². The van der Waals surface area contributed by atoms with Crippen LogP contribution in [0.25, 0.3) is 11.1 Å². The number of alkyl halides is 3. The van der Waals surface area contributed by atoms with Crippen molar-refractivity contribution in [1.82, 2.24) is 4.90 Å². The average molecular weight is 439 g/mol. The molecule has 2 aromatic rings. The van der Waals surface area contributed by atoms with E-state index in [0.29, 0.717) is 26.3 Å². The van der Waals surface area contributed by atoms with Gasteiger partial charge >= 0.3 is 6.36 Å². The summed E-state index contributed by atoms with van der Waals surface area (Å²) in [5.41, 5.74) is 0.276. The second-order valence-corrected chi connectivity index (χ2v) is 6.94. The summed E-state index contributed by atoms with van der Waals surface area (Å²) in [5, 5.41) is 20.7. The summed E-state index contributed by atoms with van der Waals surface area (Å²) < 4.78 is 46.3. The Kier molecular flexibility index (Phi) is 6.40. The van der Waals surface area contributed by atoms with Gasteiger partial charge in [0.1, 0.15) is 17.2 Å². The molecule has 2 N–H and O–H groups in total. The summed E-state index contributed by atoms with van der Waals surface area (Å²) in [4.78, 5) is 26.6. The molecule has 0 aromatic heterocycles. The molecule has 166 valence electrons. The fraction of sp³-hybridized carbons (Fsp3) is 0.333. The third-order valence-electron chi connectivity index (χ3n) is 4.81. The quantitative estimate of drug-likeness (QED) is 0.695. The van der Waals surface area contributed by atoms with Crippen LogP contribution >= 0.6 is 0 Å². The molecule has 0 spiro atoms. The lowest BCUT2D eigenvalue weighted by atomic mass is 9.89. The number of phenols is 2. The van der Waals surface area contributed by atoms with Gasteiger partial charge in [0.15, 0.2) is 5.78 Å². The Morgan fingerprint density at radius 1 is 1.10 bits per heavy atom. The Labute approximate surface area is 175 Å². The number of phenolic OH excluding ortho intramolecular Hbond substituents is 2. The molecule has 10 heteroatoms. The predicted molar refractivity (Wildman–Crippen MR) is 103 cm³/mol. The van der Waals surface area contributed by atoms with Gasteiger partial charge in [-0.1, -0.05) is 12.1 Å². The Morgan fingerprint density at radius 2 is 1.71 bits per heavy atom. The Hall–Kier alpha value is -3.27. The van der Waals surface area contributed by atoms with Gasteiger partial charge in [0, 0.05) is 24.7 Å². The zero-order valence-corrected chi connectivity index (χ0v) is 16.5. The number of halogens is 3. The summed E-state index contributed by atoms with van der Waals surface area (Å²) in [7, 11) is 0. The van der Waals surface area contributed by atoms with Gasteiger partial charge in [0.05, 0.1) is 25.2 Å². The van der Waals surface area contributed by atoms with Gasteiger partial charge in [0.2, 0.25) is 5.91 Å². The Bertz CT molecular complexity index is 982. The average Bonchev–Trinajstić information content (AvgIpc) is 2.68. The minimum absolute atomic E-state index is 0.0724. The topological polar surface area (TPSA) is 96.3 Å². The largest absolute Gasteiger partial charge is 0.573 e. The third kappa shape index (κ3) is 5.26. The molecule has 3 rings (SSSR count). The van der Waals surface area contributed by atoms with Crippen LogP contribution < -0.4 is 4.74 Å². The highest BCUT2D eigenvalue weighted by molar-refractivity contribution is 6.02. The van der Waals surface area contributed by atoms with E-state index in [0.717, 1.165) is 18.2 Å². The zero-order valence-electron chi connectivity index (χ0n) is 16.5. The molecule has 31 heavy (non-hydrogen) atoms. The number of rotatable bonds is 5. The molecule has 1 aliphatic rings. The van der Waals surface area contributed by atoms with Gasteiger partial charge in [-0.2, -0.15) is 0 Å². The summed E-state index contributed by atoms with van der Waals surface area (Å²) in [6.45, 7) is 2.66. The van der Waals surface area contributed by atoms with Crippen LogP contribution in [0.2, 0.25) is 0 Å². The fourth-order valence-electron chi connectivity index (χ4n) is 3.50. The van der Waals surface area contributed by atoms with Crippen molar-refractivity contribution in [3.63, 3.8) is 0 Å². The smallest absolute Gasteiger partial charge is 0.507 e. The van der Waals surface area contributed by atoms with E-state index in [1.807, 2.05) is 0 Å². The van der Waals surface area contributed by atoms with Crippen molar-refractivity contribution in [2.45, 2.75) is 19.7 Å². The highest BCUT2D eigenvalue weighted by atomic mass is 19.4.